The molecule has 0 fully saturated rings. The van der Waals surface area contributed by atoms with Gasteiger partial charge in [-0.15, -0.1) is 0 Å². The highest BCUT2D eigenvalue weighted by Gasteiger charge is 2.26. The van der Waals surface area contributed by atoms with Crippen LogP contribution in [0.5, 0.6) is 0 Å². The molecule has 0 aliphatic rings. The second kappa shape index (κ2) is 13.3. The maximum absolute atomic E-state index is 11.3. The number of rotatable bonds is 11. The quantitative estimate of drug-likeness (QED) is 0.264. The summed E-state index contributed by atoms with van der Waals surface area (Å²) in [5.74, 6) is 0. The molecule has 9 heteroatoms. The molecule has 1 heterocycles. The number of aryl methyl sites for hydroxylation is 1. The average Bonchev–Trinajstić information content (AvgIpc) is 2.74. The molecule has 158 valence electrons. The van der Waals surface area contributed by atoms with E-state index in [2.05, 4.69) is 0 Å². The van der Waals surface area contributed by atoms with Crippen molar-refractivity contribution < 1.29 is 19.2 Å². The van der Waals surface area contributed by atoms with Crippen LogP contribution in [0.2, 0.25) is 0 Å². The van der Waals surface area contributed by atoms with Crippen molar-refractivity contribution in [3.05, 3.63) is 68.5 Å². The number of hydrogen-bond acceptors (Lipinski definition) is 6. The summed E-state index contributed by atoms with van der Waals surface area (Å²) in [5, 5.41) is 22.2. The Kier molecular flexibility index (Phi) is 11.1. The summed E-state index contributed by atoms with van der Waals surface area (Å²) in [4.78, 5) is 20.9. The normalized spacial score (nSPS) is 10.2. The van der Waals surface area contributed by atoms with Crippen LogP contribution in [0.1, 0.15) is 38.7 Å². The predicted octanol–water partition coefficient (Wildman–Crippen LogP) is 3.49. The third-order valence-corrected chi connectivity index (χ3v) is 4.00. The minimum absolute atomic E-state index is 0.283. The summed E-state index contributed by atoms with van der Waals surface area (Å²) in [7, 11) is 0. The van der Waals surface area contributed by atoms with Crippen LogP contribution >= 0.6 is 0 Å². The van der Waals surface area contributed by atoms with Crippen molar-refractivity contribution in [1.82, 2.24) is 0 Å². The van der Waals surface area contributed by atoms with Gasteiger partial charge in [0.2, 0.25) is 0 Å². The van der Waals surface area contributed by atoms with Crippen LogP contribution in [0.15, 0.2) is 42.7 Å². The molecule has 0 aliphatic heterocycles. The molecule has 0 aliphatic carbocycles. The number of non-ortho nitro benzene ring substituents is 1. The highest BCUT2D eigenvalue weighted by atomic mass is 16.6. The topological polar surface area (TPSA) is 125 Å². The summed E-state index contributed by atoms with van der Waals surface area (Å²) in [5.41, 5.74) is 6.08. The number of aromatic nitrogens is 1. The molecule has 0 atom stereocenters. The van der Waals surface area contributed by atoms with Crippen LogP contribution in [0.3, 0.4) is 0 Å². The Bertz CT molecular complexity index is 798. The van der Waals surface area contributed by atoms with Crippen molar-refractivity contribution in [3.63, 3.8) is 0 Å². The Balaban J connectivity index is 0.00000204. The van der Waals surface area contributed by atoms with Gasteiger partial charge < -0.3 is 10.5 Å². The van der Waals surface area contributed by atoms with Gasteiger partial charge >= 0.3 is 5.69 Å². The van der Waals surface area contributed by atoms with Gasteiger partial charge in [0.1, 0.15) is 6.07 Å². The maximum atomic E-state index is 11.3. The molecule has 0 amide bonds. The second-order valence-corrected chi connectivity index (χ2v) is 6.02. The molecule has 0 saturated carbocycles. The van der Waals surface area contributed by atoms with E-state index in [1.807, 2.05) is 19.9 Å². The Hall–Kier alpha value is -2.91. The minimum atomic E-state index is -0.647. The number of unbranched alkanes of at least 4 members (excludes halogenated alkanes) is 1. The van der Waals surface area contributed by atoms with Gasteiger partial charge in [-0.25, -0.2) is 0 Å². The predicted molar refractivity (Wildman–Crippen MR) is 110 cm³/mol. The van der Waals surface area contributed by atoms with E-state index in [1.54, 1.807) is 23.0 Å². The number of benzene rings is 1. The van der Waals surface area contributed by atoms with Crippen molar-refractivity contribution in [2.45, 2.75) is 39.5 Å². The van der Waals surface area contributed by atoms with E-state index in [0.717, 1.165) is 37.3 Å². The number of ether oxygens (including phenoxy) is 1. The van der Waals surface area contributed by atoms with Crippen molar-refractivity contribution in [3.8, 4) is 5.69 Å². The molecule has 0 spiro atoms. The molecular formula is C20H29N4O5+. The second-order valence-electron chi connectivity index (χ2n) is 6.02. The fourth-order valence-electron chi connectivity index (χ4n) is 2.64. The lowest BCUT2D eigenvalue weighted by molar-refractivity contribution is -0.601. The van der Waals surface area contributed by atoms with Gasteiger partial charge in [0, 0.05) is 37.0 Å². The van der Waals surface area contributed by atoms with E-state index in [-0.39, 0.29) is 17.1 Å². The fourth-order valence-corrected chi connectivity index (χ4v) is 2.64. The molecular weight excluding hydrogens is 376 g/mol. The number of pyridine rings is 1. The van der Waals surface area contributed by atoms with E-state index in [1.165, 1.54) is 12.1 Å². The van der Waals surface area contributed by atoms with Gasteiger partial charge in [0.15, 0.2) is 12.4 Å². The highest BCUT2D eigenvalue weighted by molar-refractivity contribution is 5.53. The van der Waals surface area contributed by atoms with Gasteiger partial charge in [0.25, 0.3) is 11.4 Å². The Morgan fingerprint density at radius 1 is 1.03 bits per heavy atom. The first kappa shape index (κ1) is 24.1. The molecule has 1 aromatic carbocycles. The Morgan fingerprint density at radius 3 is 2.41 bits per heavy atom. The third-order valence-electron chi connectivity index (χ3n) is 4.00. The zero-order chi connectivity index (χ0) is 21.6. The molecule has 9 nitrogen and oxygen atoms in total. The first-order valence-corrected chi connectivity index (χ1v) is 9.74. The van der Waals surface area contributed by atoms with E-state index in [9.17, 15) is 20.2 Å². The van der Waals surface area contributed by atoms with Crippen LogP contribution in [0, 0.1) is 20.2 Å². The molecule has 29 heavy (non-hydrogen) atoms. The van der Waals surface area contributed by atoms with E-state index < -0.39 is 9.85 Å². The largest absolute Gasteiger partial charge is 0.381 e. The Labute approximate surface area is 170 Å². The van der Waals surface area contributed by atoms with Crippen molar-refractivity contribution >= 4 is 11.4 Å². The summed E-state index contributed by atoms with van der Waals surface area (Å²) in [6, 6.07) is 7.35. The first-order valence-electron chi connectivity index (χ1n) is 9.74. The summed E-state index contributed by atoms with van der Waals surface area (Å²) in [6.07, 6.45) is 6.97. The minimum Gasteiger partial charge on any atom is -0.381 e. The maximum Gasteiger partial charge on any atom is 0.347 e. The van der Waals surface area contributed by atoms with E-state index >= 15 is 0 Å². The van der Waals surface area contributed by atoms with Crippen LogP contribution in [0.4, 0.5) is 11.4 Å². The lowest BCUT2D eigenvalue weighted by Gasteiger charge is -2.04. The molecule has 0 unspecified atom stereocenters. The average molecular weight is 405 g/mol. The van der Waals surface area contributed by atoms with Crippen LogP contribution in [-0.2, 0) is 11.2 Å². The van der Waals surface area contributed by atoms with Crippen LogP contribution in [0.25, 0.3) is 5.69 Å². The monoisotopic (exact) mass is 405 g/mol. The zero-order valence-electron chi connectivity index (χ0n) is 17.0. The van der Waals surface area contributed by atoms with Crippen LogP contribution < -0.4 is 10.3 Å². The first-order chi connectivity index (χ1) is 14.0. The molecule has 0 radical (unpaired) electrons. The van der Waals surface area contributed by atoms with Gasteiger partial charge in [-0.05, 0) is 38.3 Å². The smallest absolute Gasteiger partial charge is 0.347 e. The lowest BCUT2D eigenvalue weighted by Crippen LogP contribution is -2.31. The van der Waals surface area contributed by atoms with E-state index in [0.29, 0.717) is 19.8 Å². The van der Waals surface area contributed by atoms with Gasteiger partial charge in [-0.2, -0.15) is 4.57 Å². The van der Waals surface area contributed by atoms with Gasteiger partial charge in [-0.1, -0.05) is 13.8 Å². The van der Waals surface area contributed by atoms with E-state index in [4.69, 9.17) is 10.5 Å². The molecule has 0 saturated heterocycles. The summed E-state index contributed by atoms with van der Waals surface area (Å²) < 4.78 is 7.15. The van der Waals surface area contributed by atoms with Gasteiger partial charge in [0.05, 0.1) is 9.85 Å². The summed E-state index contributed by atoms with van der Waals surface area (Å²) >= 11 is 0. The SMILES string of the molecule is CC.NCCCCOCCCc1ccc[n+](-c2ccc([N+](=O)[O-])cc2[N+](=O)[O-])c1. The van der Waals surface area contributed by atoms with Crippen LogP contribution in [-0.4, -0.2) is 29.6 Å². The zero-order valence-corrected chi connectivity index (χ0v) is 17.0. The van der Waals surface area contributed by atoms with Gasteiger partial charge in [-0.3, -0.25) is 20.2 Å². The number of nitro benzene ring substituents is 2. The molecule has 2 N–H and O–H groups in total. The molecule has 0 bridgehead atoms. The Morgan fingerprint density at radius 2 is 1.76 bits per heavy atom. The van der Waals surface area contributed by atoms with Crippen molar-refractivity contribution in [2.75, 3.05) is 19.8 Å². The summed E-state index contributed by atoms with van der Waals surface area (Å²) in [6.45, 7) is 6.00. The molecule has 2 aromatic rings. The van der Waals surface area contributed by atoms with Crippen molar-refractivity contribution in [1.29, 1.82) is 0 Å². The number of nitro groups is 2. The number of nitrogens with two attached hydrogens (primary N) is 1. The van der Waals surface area contributed by atoms with Crippen molar-refractivity contribution in [2.24, 2.45) is 5.73 Å². The molecule has 2 rings (SSSR count). The lowest BCUT2D eigenvalue weighted by atomic mass is 10.1. The molecule has 1 aromatic heterocycles. The highest BCUT2D eigenvalue weighted by Crippen LogP contribution is 2.24. The number of nitrogens with zero attached hydrogens (tertiary/aromatic N) is 3. The number of hydrogen-bond donors (Lipinski definition) is 1. The standard InChI is InChI=1S/C18H23N4O5.C2H6/c19-9-1-2-11-27-12-4-6-15-5-3-10-20(14-15)17-8-7-16(21(23)24)13-18(17)22(25)26;1-2/h3,5,7-8,10,13-14H,1-2,4,6,9,11-12,19H2;1-2H3/q+1;. The third kappa shape index (κ3) is 7.92. The fraction of sp³-hybridized carbons (Fsp3) is 0.450.